The van der Waals surface area contributed by atoms with Crippen molar-refractivity contribution < 1.29 is 18.6 Å². The number of fused-ring (bicyclic) bond motifs is 1. The van der Waals surface area contributed by atoms with Gasteiger partial charge in [0.25, 0.3) is 5.92 Å². The molecule has 34 heavy (non-hydrogen) atoms. The van der Waals surface area contributed by atoms with Gasteiger partial charge in [0.2, 0.25) is 0 Å². The van der Waals surface area contributed by atoms with E-state index in [1.807, 2.05) is 30.9 Å². The summed E-state index contributed by atoms with van der Waals surface area (Å²) in [5.41, 5.74) is 2.29. The highest BCUT2D eigenvalue weighted by molar-refractivity contribution is 5.92. The molecule has 3 aromatic rings. The van der Waals surface area contributed by atoms with Crippen molar-refractivity contribution in [2.45, 2.75) is 57.3 Å². The number of aromatic nitrogens is 3. The molecule has 0 amide bonds. The predicted molar refractivity (Wildman–Crippen MR) is 126 cm³/mol. The molecular formula is C25H29F2N5O2. The van der Waals surface area contributed by atoms with Gasteiger partial charge in [-0.25, -0.2) is 0 Å². The Morgan fingerprint density at radius 2 is 2.06 bits per heavy atom. The molecule has 2 aliphatic rings. The zero-order chi connectivity index (χ0) is 24.1. The van der Waals surface area contributed by atoms with Gasteiger partial charge < -0.3 is 20.1 Å². The Kier molecular flexibility index (Phi) is 5.64. The lowest BCUT2D eigenvalue weighted by molar-refractivity contribution is -0.122. The minimum atomic E-state index is -3.04. The maximum absolute atomic E-state index is 15.0. The smallest absolute Gasteiger partial charge is 0.298 e. The van der Waals surface area contributed by atoms with Gasteiger partial charge in [0.05, 0.1) is 34.7 Å². The van der Waals surface area contributed by atoms with Crippen molar-refractivity contribution in [1.29, 1.82) is 0 Å². The van der Waals surface area contributed by atoms with E-state index in [0.29, 0.717) is 49.6 Å². The first-order chi connectivity index (χ1) is 16.1. The standard InChI is InChI=1S/C25H29F2N5O2/c1-15(17-6-4-7-18(10-17)25(26,27)21-8-5-9-34-21)29-23-20-11-19(32-13-24(3,33)14-32)12-28-22(20)16(2)30-31-23/h4,6-7,10-12,15,21,33H,5,8-9,13-14H2,1-3H3,(H,29,31)/t15-,21?/m1/s1. The highest BCUT2D eigenvalue weighted by Crippen LogP contribution is 2.39. The van der Waals surface area contributed by atoms with E-state index in [2.05, 4.69) is 20.5 Å². The Morgan fingerprint density at radius 1 is 1.26 bits per heavy atom. The Balaban J connectivity index is 1.42. The number of anilines is 2. The first-order valence-corrected chi connectivity index (χ1v) is 11.6. The Bertz CT molecular complexity index is 1210. The monoisotopic (exact) mass is 469 g/mol. The minimum absolute atomic E-state index is 0.0424. The van der Waals surface area contributed by atoms with Crippen molar-refractivity contribution in [2.24, 2.45) is 0 Å². The first kappa shape index (κ1) is 22.9. The van der Waals surface area contributed by atoms with Crippen molar-refractivity contribution in [3.63, 3.8) is 0 Å². The maximum Gasteiger partial charge on any atom is 0.298 e. The molecule has 2 fully saturated rings. The largest absolute Gasteiger partial charge is 0.386 e. The van der Waals surface area contributed by atoms with E-state index in [0.717, 1.165) is 16.6 Å². The molecule has 2 aliphatic heterocycles. The van der Waals surface area contributed by atoms with E-state index in [-0.39, 0.29) is 11.6 Å². The first-order valence-electron chi connectivity index (χ1n) is 11.6. The van der Waals surface area contributed by atoms with Crippen LogP contribution < -0.4 is 10.2 Å². The molecular weight excluding hydrogens is 440 g/mol. The molecule has 0 bridgehead atoms. The summed E-state index contributed by atoms with van der Waals surface area (Å²) < 4.78 is 35.3. The Morgan fingerprint density at radius 3 is 2.76 bits per heavy atom. The zero-order valence-electron chi connectivity index (χ0n) is 19.6. The van der Waals surface area contributed by atoms with Crippen molar-refractivity contribution in [2.75, 3.05) is 29.9 Å². The van der Waals surface area contributed by atoms with E-state index in [1.165, 1.54) is 12.1 Å². The molecule has 1 aromatic carbocycles. The highest BCUT2D eigenvalue weighted by Gasteiger charge is 2.44. The molecule has 7 nitrogen and oxygen atoms in total. The predicted octanol–water partition coefficient (Wildman–Crippen LogP) is 4.35. The van der Waals surface area contributed by atoms with Crippen molar-refractivity contribution in [1.82, 2.24) is 15.2 Å². The van der Waals surface area contributed by atoms with Gasteiger partial charge in [-0.3, -0.25) is 4.98 Å². The molecule has 0 spiro atoms. The lowest BCUT2D eigenvalue weighted by Gasteiger charge is -2.45. The lowest BCUT2D eigenvalue weighted by atomic mass is 9.96. The van der Waals surface area contributed by atoms with Crippen LogP contribution in [0.3, 0.4) is 0 Å². The van der Waals surface area contributed by atoms with Gasteiger partial charge in [-0.05, 0) is 51.3 Å². The Hall–Kier alpha value is -2.91. The molecule has 2 aromatic heterocycles. The summed E-state index contributed by atoms with van der Waals surface area (Å²) in [6.07, 6.45) is 1.71. The maximum atomic E-state index is 15.0. The molecule has 4 heterocycles. The van der Waals surface area contributed by atoms with E-state index in [1.54, 1.807) is 19.2 Å². The fourth-order valence-corrected chi connectivity index (χ4v) is 4.74. The number of hydrogen-bond acceptors (Lipinski definition) is 7. The van der Waals surface area contributed by atoms with Crippen LogP contribution >= 0.6 is 0 Å². The minimum Gasteiger partial charge on any atom is -0.386 e. The number of benzene rings is 1. The zero-order valence-corrected chi connectivity index (χ0v) is 19.6. The molecule has 0 aliphatic carbocycles. The van der Waals surface area contributed by atoms with Crippen LogP contribution in [-0.4, -0.2) is 51.7 Å². The highest BCUT2D eigenvalue weighted by atomic mass is 19.3. The van der Waals surface area contributed by atoms with E-state index < -0.39 is 17.6 Å². The number of pyridine rings is 1. The number of β-amino-alcohol motifs (C(OH)–C–C–N with tert-alkyl or cyclic N) is 1. The summed E-state index contributed by atoms with van der Waals surface area (Å²) in [7, 11) is 0. The fraction of sp³-hybridized carbons (Fsp3) is 0.480. The molecule has 5 rings (SSSR count). The quantitative estimate of drug-likeness (QED) is 0.555. The van der Waals surface area contributed by atoms with Crippen molar-refractivity contribution in [3.8, 4) is 0 Å². The average Bonchev–Trinajstić information content (AvgIpc) is 3.35. The van der Waals surface area contributed by atoms with Crippen molar-refractivity contribution in [3.05, 3.63) is 53.3 Å². The number of nitrogens with one attached hydrogen (secondary N) is 1. The summed E-state index contributed by atoms with van der Waals surface area (Å²) in [5, 5.41) is 22.8. The summed E-state index contributed by atoms with van der Waals surface area (Å²) in [4.78, 5) is 6.63. The van der Waals surface area contributed by atoms with Gasteiger partial charge in [-0.15, -0.1) is 5.10 Å². The second-order valence-electron chi connectivity index (χ2n) is 9.69. The fourth-order valence-electron chi connectivity index (χ4n) is 4.74. The van der Waals surface area contributed by atoms with Crippen LogP contribution in [0, 0.1) is 6.92 Å². The summed E-state index contributed by atoms with van der Waals surface area (Å²) in [5.74, 6) is -2.51. The Labute approximate surface area is 197 Å². The van der Waals surface area contributed by atoms with Gasteiger partial charge in [-0.2, -0.15) is 13.9 Å². The van der Waals surface area contributed by atoms with Crippen LogP contribution in [0.2, 0.25) is 0 Å². The molecule has 180 valence electrons. The van der Waals surface area contributed by atoms with Gasteiger partial charge in [-0.1, -0.05) is 18.2 Å². The number of rotatable bonds is 6. The van der Waals surface area contributed by atoms with Crippen LogP contribution in [-0.2, 0) is 10.7 Å². The second-order valence-corrected chi connectivity index (χ2v) is 9.69. The SMILES string of the molecule is Cc1nnc(N[C@H](C)c2cccc(C(F)(F)C3CCCO3)c2)c2cc(N3CC(C)(O)C3)cnc12. The normalized spacial score (nSPS) is 20.9. The number of nitrogens with zero attached hydrogens (tertiary/aromatic N) is 4. The molecule has 9 heteroatoms. The third-order valence-corrected chi connectivity index (χ3v) is 6.66. The summed E-state index contributed by atoms with van der Waals surface area (Å²) in [6.45, 7) is 6.99. The summed E-state index contributed by atoms with van der Waals surface area (Å²) in [6, 6.07) is 8.15. The molecule has 0 saturated carbocycles. The molecule has 2 saturated heterocycles. The molecule has 2 atom stereocenters. The third kappa shape index (κ3) is 4.18. The average molecular weight is 470 g/mol. The van der Waals surface area contributed by atoms with E-state index >= 15 is 0 Å². The van der Waals surface area contributed by atoms with Gasteiger partial charge in [0.15, 0.2) is 5.82 Å². The number of hydrogen-bond donors (Lipinski definition) is 2. The number of aliphatic hydroxyl groups is 1. The number of ether oxygens (including phenoxy) is 1. The van der Waals surface area contributed by atoms with Gasteiger partial charge >= 0.3 is 0 Å². The van der Waals surface area contributed by atoms with Crippen LogP contribution in [0.15, 0.2) is 36.5 Å². The molecule has 2 N–H and O–H groups in total. The van der Waals surface area contributed by atoms with Crippen LogP contribution in [0.4, 0.5) is 20.3 Å². The van der Waals surface area contributed by atoms with Crippen LogP contribution in [0.1, 0.15) is 49.6 Å². The van der Waals surface area contributed by atoms with Gasteiger partial charge in [0.1, 0.15) is 6.10 Å². The topological polar surface area (TPSA) is 83.4 Å². The second kappa shape index (κ2) is 8.39. The van der Waals surface area contributed by atoms with Crippen molar-refractivity contribution >= 4 is 22.4 Å². The van der Waals surface area contributed by atoms with E-state index in [4.69, 9.17) is 4.74 Å². The molecule has 0 radical (unpaired) electrons. The number of aryl methyl sites for hydroxylation is 1. The number of halogens is 2. The number of alkyl halides is 2. The van der Waals surface area contributed by atoms with Gasteiger partial charge in [0, 0.05) is 30.6 Å². The van der Waals surface area contributed by atoms with Crippen LogP contribution in [0.5, 0.6) is 0 Å². The lowest BCUT2D eigenvalue weighted by Crippen LogP contribution is -2.60. The van der Waals surface area contributed by atoms with E-state index in [9.17, 15) is 13.9 Å². The van der Waals surface area contributed by atoms with Crippen LogP contribution in [0.25, 0.3) is 10.9 Å². The third-order valence-electron chi connectivity index (χ3n) is 6.66. The summed E-state index contributed by atoms with van der Waals surface area (Å²) >= 11 is 0. The molecule has 1 unspecified atom stereocenters.